The molecule has 16 heavy (non-hydrogen) atoms. The standard InChI is InChI=1S/C15H31N/c1-12-10-16(11-14(2,3)4)9-8-13(12)15(5,6)7/h12-13H,8-11H2,1-7H3. The molecule has 1 saturated heterocycles. The fourth-order valence-electron chi connectivity index (χ4n) is 3.33. The molecular formula is C15H31N. The van der Waals surface area contributed by atoms with Crippen LogP contribution in [0.3, 0.4) is 0 Å². The van der Waals surface area contributed by atoms with Gasteiger partial charge in [-0.05, 0) is 35.6 Å². The van der Waals surface area contributed by atoms with Gasteiger partial charge in [-0.15, -0.1) is 0 Å². The lowest BCUT2D eigenvalue weighted by molar-refractivity contribution is 0.0436. The molecule has 0 spiro atoms. The molecule has 0 radical (unpaired) electrons. The molecule has 0 aromatic rings. The Balaban J connectivity index is 2.52. The highest BCUT2D eigenvalue weighted by Gasteiger charge is 2.34. The third-order valence-corrected chi connectivity index (χ3v) is 3.80. The van der Waals surface area contributed by atoms with Gasteiger partial charge in [0.25, 0.3) is 0 Å². The van der Waals surface area contributed by atoms with Crippen molar-refractivity contribution in [1.82, 2.24) is 4.90 Å². The van der Waals surface area contributed by atoms with Crippen LogP contribution in [-0.2, 0) is 0 Å². The number of nitrogens with zero attached hydrogens (tertiary/aromatic N) is 1. The Hall–Kier alpha value is -0.0400. The lowest BCUT2D eigenvalue weighted by Crippen LogP contribution is -2.46. The first-order valence-corrected chi connectivity index (χ1v) is 6.82. The third-order valence-electron chi connectivity index (χ3n) is 3.80. The molecule has 1 nitrogen and oxygen atoms in total. The summed E-state index contributed by atoms with van der Waals surface area (Å²) in [6.45, 7) is 20.5. The first kappa shape index (κ1) is 14.0. The lowest BCUT2D eigenvalue weighted by Gasteiger charge is -2.44. The Morgan fingerprint density at radius 3 is 2.00 bits per heavy atom. The molecule has 0 saturated carbocycles. The van der Waals surface area contributed by atoms with Gasteiger partial charge in [0, 0.05) is 13.1 Å². The zero-order valence-electron chi connectivity index (χ0n) is 12.4. The molecule has 1 heteroatoms. The van der Waals surface area contributed by atoms with E-state index in [-0.39, 0.29) is 0 Å². The highest BCUT2D eigenvalue weighted by molar-refractivity contribution is 4.86. The topological polar surface area (TPSA) is 3.24 Å². The maximum atomic E-state index is 2.66. The molecule has 0 aromatic heterocycles. The number of rotatable bonds is 1. The van der Waals surface area contributed by atoms with Gasteiger partial charge in [-0.3, -0.25) is 0 Å². The number of likely N-dealkylation sites (tertiary alicyclic amines) is 1. The fourth-order valence-corrected chi connectivity index (χ4v) is 3.33. The zero-order chi connectivity index (χ0) is 12.6. The van der Waals surface area contributed by atoms with Crippen molar-refractivity contribution in [2.75, 3.05) is 19.6 Å². The average molecular weight is 225 g/mol. The fraction of sp³-hybridized carbons (Fsp3) is 1.00. The van der Waals surface area contributed by atoms with E-state index in [4.69, 9.17) is 0 Å². The van der Waals surface area contributed by atoms with E-state index in [0.717, 1.165) is 11.8 Å². The van der Waals surface area contributed by atoms with Crippen molar-refractivity contribution in [3.05, 3.63) is 0 Å². The van der Waals surface area contributed by atoms with E-state index in [1.807, 2.05) is 0 Å². The molecular weight excluding hydrogens is 194 g/mol. The van der Waals surface area contributed by atoms with Crippen LogP contribution in [0.4, 0.5) is 0 Å². The molecule has 1 fully saturated rings. The molecule has 1 aliphatic heterocycles. The van der Waals surface area contributed by atoms with E-state index >= 15 is 0 Å². The molecule has 0 aromatic carbocycles. The first-order valence-electron chi connectivity index (χ1n) is 6.82. The summed E-state index contributed by atoms with van der Waals surface area (Å²) in [4.78, 5) is 2.66. The molecule has 1 rings (SSSR count). The van der Waals surface area contributed by atoms with Crippen LogP contribution in [0, 0.1) is 22.7 Å². The summed E-state index contributed by atoms with van der Waals surface area (Å²) >= 11 is 0. The summed E-state index contributed by atoms with van der Waals surface area (Å²) in [6, 6.07) is 0. The SMILES string of the molecule is CC1CN(CC(C)(C)C)CCC1C(C)(C)C. The Morgan fingerprint density at radius 1 is 1.06 bits per heavy atom. The van der Waals surface area contributed by atoms with E-state index in [9.17, 15) is 0 Å². The minimum absolute atomic E-state index is 0.439. The van der Waals surface area contributed by atoms with Gasteiger partial charge in [0.2, 0.25) is 0 Å². The van der Waals surface area contributed by atoms with Crippen molar-refractivity contribution in [3.8, 4) is 0 Å². The van der Waals surface area contributed by atoms with Crippen molar-refractivity contribution >= 4 is 0 Å². The molecule has 0 N–H and O–H groups in total. The second-order valence-corrected chi connectivity index (χ2v) is 8.03. The van der Waals surface area contributed by atoms with E-state index in [1.165, 1.54) is 26.1 Å². The van der Waals surface area contributed by atoms with Crippen molar-refractivity contribution < 1.29 is 0 Å². The summed E-state index contributed by atoms with van der Waals surface area (Å²) in [5.41, 5.74) is 0.918. The Morgan fingerprint density at radius 2 is 1.62 bits per heavy atom. The molecule has 1 heterocycles. The van der Waals surface area contributed by atoms with Gasteiger partial charge in [-0.2, -0.15) is 0 Å². The first-order chi connectivity index (χ1) is 7.09. The van der Waals surface area contributed by atoms with Crippen LogP contribution in [0.15, 0.2) is 0 Å². The Kier molecular flexibility index (Phi) is 4.10. The van der Waals surface area contributed by atoms with Gasteiger partial charge in [0.15, 0.2) is 0 Å². The molecule has 0 bridgehead atoms. The van der Waals surface area contributed by atoms with Crippen LogP contribution < -0.4 is 0 Å². The van der Waals surface area contributed by atoms with Gasteiger partial charge < -0.3 is 4.90 Å². The van der Waals surface area contributed by atoms with E-state index in [1.54, 1.807) is 0 Å². The minimum atomic E-state index is 0.439. The summed E-state index contributed by atoms with van der Waals surface area (Å²) < 4.78 is 0. The van der Waals surface area contributed by atoms with Crippen LogP contribution in [-0.4, -0.2) is 24.5 Å². The largest absolute Gasteiger partial charge is 0.303 e. The quantitative estimate of drug-likeness (QED) is 0.651. The number of hydrogen-bond donors (Lipinski definition) is 0. The summed E-state index contributed by atoms with van der Waals surface area (Å²) in [7, 11) is 0. The zero-order valence-corrected chi connectivity index (χ0v) is 12.4. The highest BCUT2D eigenvalue weighted by Crippen LogP contribution is 2.38. The maximum Gasteiger partial charge on any atom is 0.00302 e. The molecule has 0 aliphatic carbocycles. The highest BCUT2D eigenvalue weighted by atomic mass is 15.1. The molecule has 1 aliphatic rings. The van der Waals surface area contributed by atoms with Gasteiger partial charge >= 0.3 is 0 Å². The van der Waals surface area contributed by atoms with E-state index < -0.39 is 0 Å². The van der Waals surface area contributed by atoms with E-state index in [2.05, 4.69) is 53.4 Å². The second-order valence-electron chi connectivity index (χ2n) is 8.03. The predicted molar refractivity (Wildman–Crippen MR) is 72.6 cm³/mol. The monoisotopic (exact) mass is 225 g/mol. The Labute approximate surface area is 103 Å². The van der Waals surface area contributed by atoms with E-state index in [0.29, 0.717) is 10.8 Å². The Bertz CT molecular complexity index is 219. The van der Waals surface area contributed by atoms with Crippen LogP contribution in [0.25, 0.3) is 0 Å². The molecule has 2 atom stereocenters. The van der Waals surface area contributed by atoms with Crippen molar-refractivity contribution in [1.29, 1.82) is 0 Å². The molecule has 0 amide bonds. The predicted octanol–water partition coefficient (Wildman–Crippen LogP) is 4.04. The van der Waals surface area contributed by atoms with Crippen molar-refractivity contribution in [2.45, 2.75) is 54.9 Å². The molecule has 96 valence electrons. The average Bonchev–Trinajstić information content (AvgIpc) is 1.97. The second kappa shape index (κ2) is 4.68. The van der Waals surface area contributed by atoms with Gasteiger partial charge in [-0.25, -0.2) is 0 Å². The van der Waals surface area contributed by atoms with Crippen molar-refractivity contribution in [2.24, 2.45) is 22.7 Å². The number of piperidine rings is 1. The van der Waals surface area contributed by atoms with Crippen LogP contribution in [0.5, 0.6) is 0 Å². The summed E-state index contributed by atoms with van der Waals surface area (Å²) in [5, 5.41) is 0. The lowest BCUT2D eigenvalue weighted by atomic mass is 9.70. The summed E-state index contributed by atoms with van der Waals surface area (Å²) in [5.74, 6) is 1.74. The summed E-state index contributed by atoms with van der Waals surface area (Å²) in [6.07, 6.45) is 1.38. The normalized spacial score (nSPS) is 29.4. The number of hydrogen-bond acceptors (Lipinski definition) is 1. The van der Waals surface area contributed by atoms with Crippen molar-refractivity contribution in [3.63, 3.8) is 0 Å². The van der Waals surface area contributed by atoms with Crippen LogP contribution in [0.2, 0.25) is 0 Å². The van der Waals surface area contributed by atoms with Crippen LogP contribution in [0.1, 0.15) is 54.9 Å². The minimum Gasteiger partial charge on any atom is -0.303 e. The molecule has 2 unspecified atom stereocenters. The van der Waals surface area contributed by atoms with Gasteiger partial charge in [-0.1, -0.05) is 48.5 Å². The maximum absolute atomic E-state index is 2.66. The van der Waals surface area contributed by atoms with Gasteiger partial charge in [0.05, 0.1) is 0 Å². The van der Waals surface area contributed by atoms with Gasteiger partial charge in [0.1, 0.15) is 0 Å². The van der Waals surface area contributed by atoms with Crippen LogP contribution >= 0.6 is 0 Å². The third kappa shape index (κ3) is 4.08. The smallest absolute Gasteiger partial charge is 0.00302 e.